The fourth-order valence-electron chi connectivity index (χ4n) is 1.30. The van der Waals surface area contributed by atoms with Crippen molar-refractivity contribution in [3.63, 3.8) is 0 Å². The third-order valence-corrected chi connectivity index (χ3v) is 4.77. The smallest absolute Gasteiger partial charge is 0.282 e. The Labute approximate surface area is 123 Å². The second kappa shape index (κ2) is 5.06. The van der Waals surface area contributed by atoms with Gasteiger partial charge in [0, 0.05) is 16.3 Å². The fourth-order valence-corrected chi connectivity index (χ4v) is 3.15. The van der Waals surface area contributed by atoms with Crippen LogP contribution in [-0.4, -0.2) is 18.0 Å². The van der Waals surface area contributed by atoms with E-state index in [9.17, 15) is 8.42 Å². The first-order valence-electron chi connectivity index (χ1n) is 4.85. The summed E-state index contributed by atoms with van der Waals surface area (Å²) >= 11 is 8.00. The van der Waals surface area contributed by atoms with E-state index in [1.807, 2.05) is 0 Å². The molecule has 96 valence electrons. The summed E-state index contributed by atoms with van der Waals surface area (Å²) in [6.45, 7) is 0. The first-order chi connectivity index (χ1) is 8.40. The van der Waals surface area contributed by atoms with Gasteiger partial charge in [-0.05, 0) is 46.9 Å². The van der Waals surface area contributed by atoms with Crippen LogP contribution < -0.4 is 4.72 Å². The first kappa shape index (κ1) is 13.6. The third kappa shape index (κ3) is 2.78. The maximum Gasteiger partial charge on any atom is 0.282 e. The molecule has 0 fully saturated rings. The second-order valence-corrected chi connectivity index (χ2v) is 6.77. The number of aromatic nitrogens is 2. The quantitative estimate of drug-likeness (QED) is 0.809. The number of nitrogens with zero attached hydrogens (tertiary/aromatic N) is 2. The van der Waals surface area contributed by atoms with E-state index in [1.54, 1.807) is 31.3 Å². The predicted molar refractivity (Wildman–Crippen MR) is 78.2 cm³/mol. The summed E-state index contributed by atoms with van der Waals surface area (Å²) in [7, 11) is -2.13. The van der Waals surface area contributed by atoms with Gasteiger partial charge in [0.1, 0.15) is 5.15 Å². The van der Waals surface area contributed by atoms with Crippen LogP contribution in [0.4, 0.5) is 5.69 Å². The molecule has 0 spiro atoms. The summed E-state index contributed by atoms with van der Waals surface area (Å²) in [5.74, 6) is 0. The lowest BCUT2D eigenvalue weighted by Gasteiger charge is -2.06. The standard InChI is InChI=1S/C10H9ClIN3O2S/c1-15-6-13-10(9(15)11)18(16,17)14-8-4-2-7(12)3-5-8/h2-6,14H,1H3. The zero-order valence-electron chi connectivity index (χ0n) is 9.26. The van der Waals surface area contributed by atoms with E-state index in [-0.39, 0.29) is 10.2 Å². The molecule has 8 heteroatoms. The van der Waals surface area contributed by atoms with Crippen molar-refractivity contribution in [2.24, 2.45) is 7.05 Å². The molecule has 1 N–H and O–H groups in total. The van der Waals surface area contributed by atoms with Crippen LogP contribution in [0.2, 0.25) is 5.15 Å². The lowest BCUT2D eigenvalue weighted by atomic mass is 10.3. The number of nitrogens with one attached hydrogen (secondary N) is 1. The molecule has 0 amide bonds. The first-order valence-corrected chi connectivity index (χ1v) is 7.79. The van der Waals surface area contributed by atoms with Gasteiger partial charge in [-0.1, -0.05) is 11.6 Å². The highest BCUT2D eigenvalue weighted by Crippen LogP contribution is 2.22. The van der Waals surface area contributed by atoms with E-state index in [4.69, 9.17) is 11.6 Å². The number of benzene rings is 1. The molecule has 0 radical (unpaired) electrons. The highest BCUT2D eigenvalue weighted by molar-refractivity contribution is 14.1. The van der Waals surface area contributed by atoms with Gasteiger partial charge in [-0.15, -0.1) is 0 Å². The Morgan fingerprint density at radius 2 is 1.94 bits per heavy atom. The van der Waals surface area contributed by atoms with E-state index in [1.165, 1.54) is 10.9 Å². The van der Waals surface area contributed by atoms with Gasteiger partial charge in [-0.2, -0.15) is 8.42 Å². The monoisotopic (exact) mass is 397 g/mol. The van der Waals surface area contributed by atoms with Gasteiger partial charge < -0.3 is 4.57 Å². The van der Waals surface area contributed by atoms with Crippen molar-refractivity contribution in [1.29, 1.82) is 0 Å². The van der Waals surface area contributed by atoms with Crippen LogP contribution >= 0.6 is 34.2 Å². The molecule has 2 rings (SSSR count). The Morgan fingerprint density at radius 3 is 2.44 bits per heavy atom. The number of imidazole rings is 1. The topological polar surface area (TPSA) is 64.0 Å². The maximum absolute atomic E-state index is 12.0. The van der Waals surface area contributed by atoms with Gasteiger partial charge in [0.05, 0.1) is 6.33 Å². The van der Waals surface area contributed by atoms with Gasteiger partial charge >= 0.3 is 0 Å². The van der Waals surface area contributed by atoms with Crippen LogP contribution in [0.25, 0.3) is 0 Å². The molecule has 0 bridgehead atoms. The van der Waals surface area contributed by atoms with Crippen molar-refractivity contribution in [1.82, 2.24) is 9.55 Å². The van der Waals surface area contributed by atoms with E-state index in [0.717, 1.165) is 3.57 Å². The molecule has 0 aliphatic rings. The van der Waals surface area contributed by atoms with E-state index < -0.39 is 10.0 Å². The summed E-state index contributed by atoms with van der Waals surface area (Å²) < 4.78 is 29.0. The molecule has 1 aromatic carbocycles. The number of hydrogen-bond donors (Lipinski definition) is 1. The number of anilines is 1. The van der Waals surface area contributed by atoms with Crippen LogP contribution in [0, 0.1) is 3.57 Å². The van der Waals surface area contributed by atoms with Crippen LogP contribution in [0.5, 0.6) is 0 Å². The molecule has 18 heavy (non-hydrogen) atoms. The molecule has 0 saturated heterocycles. The Bertz CT molecular complexity index is 667. The van der Waals surface area contributed by atoms with Crippen molar-refractivity contribution >= 4 is 49.9 Å². The number of rotatable bonds is 3. The summed E-state index contributed by atoms with van der Waals surface area (Å²) in [6, 6.07) is 6.96. The third-order valence-electron chi connectivity index (χ3n) is 2.19. The summed E-state index contributed by atoms with van der Waals surface area (Å²) in [5.41, 5.74) is 0.470. The Morgan fingerprint density at radius 1 is 1.33 bits per heavy atom. The molecule has 5 nitrogen and oxygen atoms in total. The van der Waals surface area contributed by atoms with Gasteiger partial charge in [0.15, 0.2) is 0 Å². The Hall–Kier alpha value is -0.800. The number of sulfonamides is 1. The number of aryl methyl sites for hydroxylation is 1. The molecular weight excluding hydrogens is 389 g/mol. The minimum absolute atomic E-state index is 0.0769. The average Bonchev–Trinajstić information content (AvgIpc) is 2.63. The van der Waals surface area contributed by atoms with Crippen LogP contribution in [-0.2, 0) is 17.1 Å². The lowest BCUT2D eigenvalue weighted by Crippen LogP contribution is -2.14. The van der Waals surface area contributed by atoms with Gasteiger partial charge in [0.2, 0.25) is 5.03 Å². The van der Waals surface area contributed by atoms with Crippen molar-refractivity contribution in [2.45, 2.75) is 5.03 Å². The zero-order chi connectivity index (χ0) is 13.3. The molecular formula is C10H9ClIN3O2S. The van der Waals surface area contributed by atoms with Crippen molar-refractivity contribution in [3.05, 3.63) is 39.3 Å². The Balaban J connectivity index is 2.33. The molecule has 0 aliphatic carbocycles. The highest BCUT2D eigenvalue weighted by Gasteiger charge is 2.22. The summed E-state index contributed by atoms with van der Waals surface area (Å²) in [5, 5.41) is -0.0989. The van der Waals surface area contributed by atoms with Crippen molar-refractivity contribution < 1.29 is 8.42 Å². The minimum atomic E-state index is -3.75. The van der Waals surface area contributed by atoms with Crippen LogP contribution in [0.3, 0.4) is 0 Å². The highest BCUT2D eigenvalue weighted by atomic mass is 127. The van der Waals surface area contributed by atoms with E-state index in [2.05, 4.69) is 32.3 Å². The SMILES string of the molecule is Cn1cnc(S(=O)(=O)Nc2ccc(I)cc2)c1Cl. The molecule has 1 heterocycles. The predicted octanol–water partition coefficient (Wildman–Crippen LogP) is 2.48. The summed E-state index contributed by atoms with van der Waals surface area (Å²) in [4.78, 5) is 3.78. The normalized spacial score (nSPS) is 11.5. The number of halogens is 2. The maximum atomic E-state index is 12.0. The van der Waals surface area contributed by atoms with E-state index >= 15 is 0 Å². The Kier molecular flexibility index (Phi) is 3.83. The summed E-state index contributed by atoms with van der Waals surface area (Å²) in [6.07, 6.45) is 1.35. The van der Waals surface area contributed by atoms with Crippen LogP contribution in [0.15, 0.2) is 35.6 Å². The van der Waals surface area contributed by atoms with Crippen molar-refractivity contribution in [2.75, 3.05) is 4.72 Å². The minimum Gasteiger partial charge on any atom is -0.324 e. The van der Waals surface area contributed by atoms with Crippen LogP contribution in [0.1, 0.15) is 0 Å². The van der Waals surface area contributed by atoms with Gasteiger partial charge in [0.25, 0.3) is 10.0 Å². The molecule has 0 aliphatic heterocycles. The number of hydrogen-bond acceptors (Lipinski definition) is 3. The fraction of sp³-hybridized carbons (Fsp3) is 0.100. The van der Waals surface area contributed by atoms with E-state index in [0.29, 0.717) is 5.69 Å². The second-order valence-electron chi connectivity index (χ2n) is 3.56. The van der Waals surface area contributed by atoms with Gasteiger partial charge in [-0.25, -0.2) is 4.98 Å². The van der Waals surface area contributed by atoms with Crippen molar-refractivity contribution in [3.8, 4) is 0 Å². The molecule has 0 saturated carbocycles. The largest absolute Gasteiger partial charge is 0.324 e. The average molecular weight is 398 g/mol. The zero-order valence-corrected chi connectivity index (χ0v) is 13.0. The lowest BCUT2D eigenvalue weighted by molar-refractivity contribution is 0.598. The van der Waals surface area contributed by atoms with Gasteiger partial charge in [-0.3, -0.25) is 4.72 Å². The molecule has 0 atom stereocenters. The molecule has 1 aromatic heterocycles. The molecule has 2 aromatic rings. The molecule has 0 unspecified atom stereocenters.